The Hall–Kier alpha value is -4.15. The van der Waals surface area contributed by atoms with Gasteiger partial charge in [-0.15, -0.1) is 10.2 Å². The number of aliphatic hydroxyl groups is 1. The van der Waals surface area contributed by atoms with E-state index >= 15 is 0 Å². The molecular formula is C30H25N3O5S2. The van der Waals surface area contributed by atoms with Crippen molar-refractivity contribution in [3.63, 3.8) is 0 Å². The zero-order valence-electron chi connectivity index (χ0n) is 21.6. The summed E-state index contributed by atoms with van der Waals surface area (Å²) in [4.78, 5) is 28.3. The van der Waals surface area contributed by atoms with Gasteiger partial charge in [-0.05, 0) is 41.3 Å². The minimum absolute atomic E-state index is 0.0142. The normalized spacial score (nSPS) is 17.8. The second-order valence-electron chi connectivity index (χ2n) is 9.25. The van der Waals surface area contributed by atoms with E-state index in [1.807, 2.05) is 54.6 Å². The molecular weight excluding hydrogens is 546 g/mol. The van der Waals surface area contributed by atoms with E-state index in [1.54, 1.807) is 18.2 Å². The number of carbonyl (C=O) groups excluding carboxylic acids is 2. The Kier molecular flexibility index (Phi) is 7.27. The summed E-state index contributed by atoms with van der Waals surface area (Å²) in [7, 11) is 0. The first-order valence-electron chi connectivity index (χ1n) is 12.8. The van der Waals surface area contributed by atoms with Crippen molar-refractivity contribution in [2.45, 2.75) is 29.5 Å². The highest BCUT2D eigenvalue weighted by molar-refractivity contribution is 8.00. The number of carbonyl (C=O) groups is 2. The minimum atomic E-state index is -0.876. The smallest absolute Gasteiger partial charge is 0.301 e. The van der Waals surface area contributed by atoms with E-state index < -0.39 is 17.7 Å². The van der Waals surface area contributed by atoms with Gasteiger partial charge in [0.2, 0.25) is 5.13 Å². The van der Waals surface area contributed by atoms with Crippen molar-refractivity contribution < 1.29 is 24.2 Å². The van der Waals surface area contributed by atoms with E-state index in [0.29, 0.717) is 51.1 Å². The van der Waals surface area contributed by atoms with Crippen LogP contribution in [0.3, 0.4) is 0 Å². The number of fused-ring (bicyclic) bond motifs is 1. The largest absolute Gasteiger partial charge is 0.507 e. The first-order valence-corrected chi connectivity index (χ1v) is 14.6. The summed E-state index contributed by atoms with van der Waals surface area (Å²) >= 11 is 2.75. The summed E-state index contributed by atoms with van der Waals surface area (Å²) in [5, 5.41) is 20.3. The van der Waals surface area contributed by atoms with Crippen LogP contribution in [0.2, 0.25) is 0 Å². The molecule has 2 aliphatic heterocycles. The van der Waals surface area contributed by atoms with Gasteiger partial charge in [0.15, 0.2) is 15.8 Å². The average molecular weight is 572 g/mol. The van der Waals surface area contributed by atoms with Crippen LogP contribution < -0.4 is 14.4 Å². The highest BCUT2D eigenvalue weighted by atomic mass is 32.2. The van der Waals surface area contributed by atoms with Crippen molar-refractivity contribution in [2.24, 2.45) is 0 Å². The van der Waals surface area contributed by atoms with Gasteiger partial charge in [-0.3, -0.25) is 14.5 Å². The Morgan fingerprint density at radius 3 is 2.48 bits per heavy atom. The van der Waals surface area contributed by atoms with Crippen molar-refractivity contribution in [2.75, 3.05) is 18.1 Å². The monoisotopic (exact) mass is 571 g/mol. The zero-order chi connectivity index (χ0) is 27.6. The topological polar surface area (TPSA) is 102 Å². The molecule has 1 N–H and O–H groups in total. The van der Waals surface area contributed by atoms with E-state index in [9.17, 15) is 14.7 Å². The van der Waals surface area contributed by atoms with Crippen LogP contribution in [0.15, 0.2) is 82.7 Å². The summed E-state index contributed by atoms with van der Waals surface area (Å²) in [5.41, 5.74) is 3.28. The molecule has 1 atom stereocenters. The quantitative estimate of drug-likeness (QED) is 0.0978. The van der Waals surface area contributed by atoms with Crippen LogP contribution in [0.5, 0.6) is 11.5 Å². The third-order valence-electron chi connectivity index (χ3n) is 6.77. The second-order valence-corrected chi connectivity index (χ2v) is 11.4. The standard InChI is InChI=1S/C30H25N3O5S2/c1-2-18-8-10-20(11-9-18)25-24(26(34)21-12-13-22-23(16-21)38-15-14-37-22)27(35)28(36)33(25)29-31-32-30(40-29)39-17-19-6-4-3-5-7-19/h3-13,16,25,34H,2,14-15,17H2,1H3/b26-24+. The SMILES string of the molecule is CCc1ccc(C2/C(=C(\O)c3ccc4c(c3)OCCO4)C(=O)C(=O)N2c2nnc(SCc3ccccc3)s2)cc1. The predicted octanol–water partition coefficient (Wildman–Crippen LogP) is 5.79. The van der Waals surface area contributed by atoms with E-state index in [0.717, 1.165) is 17.5 Å². The molecule has 8 nitrogen and oxygen atoms in total. The Bertz CT molecular complexity index is 1600. The molecule has 1 unspecified atom stereocenters. The number of hydrogen-bond acceptors (Lipinski definition) is 9. The average Bonchev–Trinajstić information content (AvgIpc) is 3.57. The summed E-state index contributed by atoms with van der Waals surface area (Å²) < 4.78 is 11.9. The van der Waals surface area contributed by atoms with Crippen molar-refractivity contribution in [1.82, 2.24) is 10.2 Å². The van der Waals surface area contributed by atoms with Gasteiger partial charge in [0.25, 0.3) is 5.78 Å². The highest BCUT2D eigenvalue weighted by Crippen LogP contribution is 2.45. The number of Topliss-reactive ketones (excluding diaryl/α,β-unsaturated/α-hetero) is 1. The number of benzene rings is 3. The van der Waals surface area contributed by atoms with Gasteiger partial charge in [0, 0.05) is 11.3 Å². The Balaban J connectivity index is 1.40. The van der Waals surface area contributed by atoms with Gasteiger partial charge in [-0.25, -0.2) is 0 Å². The zero-order valence-corrected chi connectivity index (χ0v) is 23.2. The predicted molar refractivity (Wildman–Crippen MR) is 154 cm³/mol. The number of amides is 1. The number of aromatic nitrogens is 2. The van der Waals surface area contributed by atoms with Crippen LogP contribution in [0.4, 0.5) is 5.13 Å². The van der Waals surface area contributed by atoms with Crippen molar-refractivity contribution in [3.05, 3.63) is 101 Å². The molecule has 4 aromatic rings. The third-order valence-corrected chi connectivity index (χ3v) is 8.90. The number of aliphatic hydroxyl groups excluding tert-OH is 1. The van der Waals surface area contributed by atoms with Gasteiger partial charge in [0.05, 0.1) is 11.6 Å². The fourth-order valence-electron chi connectivity index (χ4n) is 4.70. The van der Waals surface area contributed by atoms with E-state index in [2.05, 4.69) is 17.1 Å². The van der Waals surface area contributed by atoms with Gasteiger partial charge >= 0.3 is 5.91 Å². The fraction of sp³-hybridized carbons (Fsp3) is 0.200. The molecule has 10 heteroatoms. The maximum atomic E-state index is 13.5. The van der Waals surface area contributed by atoms with E-state index in [-0.39, 0.29) is 11.3 Å². The summed E-state index contributed by atoms with van der Waals surface area (Å²) in [6.07, 6.45) is 0.843. The maximum Gasteiger partial charge on any atom is 0.301 e. The first-order chi connectivity index (χ1) is 19.5. The number of aryl methyl sites for hydroxylation is 1. The first kappa shape index (κ1) is 26.1. The minimum Gasteiger partial charge on any atom is -0.507 e. The van der Waals surface area contributed by atoms with Gasteiger partial charge < -0.3 is 14.6 Å². The number of rotatable bonds is 7. The molecule has 1 aromatic heterocycles. The number of thioether (sulfide) groups is 1. The van der Waals surface area contributed by atoms with Crippen LogP contribution in [0.25, 0.3) is 5.76 Å². The molecule has 0 aliphatic carbocycles. The fourth-order valence-corrected chi connectivity index (χ4v) is 6.53. The summed E-state index contributed by atoms with van der Waals surface area (Å²) in [5.74, 6) is -0.113. The molecule has 0 spiro atoms. The summed E-state index contributed by atoms with van der Waals surface area (Å²) in [6, 6.07) is 21.7. The second kappa shape index (κ2) is 11.1. The lowest BCUT2D eigenvalue weighted by atomic mass is 9.94. The van der Waals surface area contributed by atoms with Crippen molar-refractivity contribution in [1.29, 1.82) is 0 Å². The van der Waals surface area contributed by atoms with E-state index in [4.69, 9.17) is 9.47 Å². The number of anilines is 1. The van der Waals surface area contributed by atoms with Gasteiger partial charge in [-0.2, -0.15) is 0 Å². The van der Waals surface area contributed by atoms with Gasteiger partial charge in [0.1, 0.15) is 19.0 Å². The Labute approximate surface area is 239 Å². The molecule has 0 radical (unpaired) electrons. The number of hydrogen-bond donors (Lipinski definition) is 1. The number of ether oxygens (including phenoxy) is 2. The van der Waals surface area contributed by atoms with Crippen LogP contribution >= 0.6 is 23.1 Å². The lowest BCUT2D eigenvalue weighted by Crippen LogP contribution is -2.29. The molecule has 1 fully saturated rings. The number of ketones is 1. The molecule has 0 saturated carbocycles. The number of nitrogens with zero attached hydrogens (tertiary/aromatic N) is 3. The lowest BCUT2D eigenvalue weighted by Gasteiger charge is -2.23. The molecule has 1 amide bonds. The van der Waals surface area contributed by atoms with E-state index in [1.165, 1.54) is 28.0 Å². The van der Waals surface area contributed by atoms with Crippen LogP contribution in [0.1, 0.15) is 35.2 Å². The molecule has 2 aliphatic rings. The van der Waals surface area contributed by atoms with Crippen LogP contribution in [-0.2, 0) is 21.8 Å². The molecule has 40 heavy (non-hydrogen) atoms. The van der Waals surface area contributed by atoms with Gasteiger partial charge in [-0.1, -0.05) is 84.6 Å². The molecule has 202 valence electrons. The van der Waals surface area contributed by atoms with Crippen molar-refractivity contribution in [3.8, 4) is 11.5 Å². The van der Waals surface area contributed by atoms with Crippen LogP contribution in [0, 0.1) is 0 Å². The maximum absolute atomic E-state index is 13.5. The third kappa shape index (κ3) is 4.96. The Morgan fingerprint density at radius 2 is 1.73 bits per heavy atom. The lowest BCUT2D eigenvalue weighted by molar-refractivity contribution is -0.132. The summed E-state index contributed by atoms with van der Waals surface area (Å²) in [6.45, 7) is 2.87. The molecule has 6 rings (SSSR count). The Morgan fingerprint density at radius 1 is 0.975 bits per heavy atom. The van der Waals surface area contributed by atoms with Crippen molar-refractivity contribution >= 4 is 45.7 Å². The molecule has 3 aromatic carbocycles. The van der Waals surface area contributed by atoms with Crippen LogP contribution in [-0.4, -0.2) is 40.2 Å². The molecule has 3 heterocycles. The molecule has 1 saturated heterocycles. The molecule has 0 bridgehead atoms. The highest BCUT2D eigenvalue weighted by Gasteiger charge is 2.48.